The lowest BCUT2D eigenvalue weighted by molar-refractivity contribution is 0.0961. The van der Waals surface area contributed by atoms with Crippen LogP contribution < -0.4 is 4.90 Å². The van der Waals surface area contributed by atoms with Gasteiger partial charge in [-0.25, -0.2) is 0 Å². The number of carbonyl (C=O) groups excluding carboxylic acids is 1. The van der Waals surface area contributed by atoms with Crippen molar-refractivity contribution in [3.8, 4) is 6.07 Å². The lowest BCUT2D eigenvalue weighted by atomic mass is 9.90. The largest absolute Gasteiger partial charge is 0.369 e. The van der Waals surface area contributed by atoms with Gasteiger partial charge in [-0.3, -0.25) is 14.6 Å². The lowest BCUT2D eigenvalue weighted by Crippen LogP contribution is -2.46. The summed E-state index contributed by atoms with van der Waals surface area (Å²) in [4.78, 5) is 23.8. The quantitative estimate of drug-likeness (QED) is 0.130. The maximum absolute atomic E-state index is 13.0. The first-order chi connectivity index (χ1) is 22.0. The first-order valence-corrected chi connectivity index (χ1v) is 17.0. The Balaban J connectivity index is 0.873. The Bertz CT molecular complexity index is 1610. The van der Waals surface area contributed by atoms with Crippen molar-refractivity contribution in [1.82, 2.24) is 14.8 Å². The van der Waals surface area contributed by atoms with E-state index in [-0.39, 0.29) is 5.78 Å². The summed E-state index contributed by atoms with van der Waals surface area (Å²) in [5, 5.41) is 11.2. The molecule has 1 aromatic heterocycles. The molecule has 0 aliphatic carbocycles. The number of carbonyl (C=O) groups is 1. The molecule has 4 aromatic rings. The SMILES string of the molecule is N#Cc1ccc2[nH]cc(CCCCN3CCN(c4ccc(C(=O)CCC5CCN(Cc6cccc(Cl)c6)CC5)cc4)CC3)c2c1. The molecule has 2 saturated heterocycles. The number of aromatic nitrogens is 1. The Morgan fingerprint density at radius 3 is 2.47 bits per heavy atom. The van der Waals surface area contributed by atoms with Crippen molar-refractivity contribution >= 4 is 34.0 Å². The van der Waals surface area contributed by atoms with Crippen LogP contribution in [0.4, 0.5) is 5.69 Å². The summed E-state index contributed by atoms with van der Waals surface area (Å²) in [5.41, 5.74) is 6.46. The summed E-state index contributed by atoms with van der Waals surface area (Å²) in [6.45, 7) is 8.41. The number of nitrogens with one attached hydrogen (secondary N) is 1. The van der Waals surface area contributed by atoms with Gasteiger partial charge < -0.3 is 9.88 Å². The molecule has 3 heterocycles. The second kappa shape index (κ2) is 15.1. The molecule has 1 N–H and O–H groups in total. The zero-order valence-electron chi connectivity index (χ0n) is 26.2. The van der Waals surface area contributed by atoms with Crippen LogP contribution in [0.15, 0.2) is 72.9 Å². The van der Waals surface area contributed by atoms with Crippen molar-refractivity contribution in [1.29, 1.82) is 5.26 Å². The van der Waals surface area contributed by atoms with E-state index >= 15 is 0 Å². The van der Waals surface area contributed by atoms with Gasteiger partial charge >= 0.3 is 0 Å². The zero-order chi connectivity index (χ0) is 31.0. The van der Waals surface area contributed by atoms with E-state index < -0.39 is 0 Å². The summed E-state index contributed by atoms with van der Waals surface area (Å²) in [6.07, 6.45) is 9.38. The predicted octanol–water partition coefficient (Wildman–Crippen LogP) is 7.71. The van der Waals surface area contributed by atoms with Crippen LogP contribution >= 0.6 is 11.6 Å². The molecule has 7 heteroatoms. The number of ketones is 1. The highest BCUT2D eigenvalue weighted by atomic mass is 35.5. The van der Waals surface area contributed by atoms with Gasteiger partial charge in [0.1, 0.15) is 0 Å². The Kier molecular flexibility index (Phi) is 10.5. The molecule has 0 atom stereocenters. The van der Waals surface area contributed by atoms with Gasteiger partial charge in [0, 0.05) is 72.5 Å². The van der Waals surface area contributed by atoms with E-state index in [0.717, 1.165) is 106 Å². The number of fused-ring (bicyclic) bond motifs is 1. The number of aryl methyl sites for hydroxylation is 1. The number of Topliss-reactive ketones (excluding diaryl/α,β-unsaturated/α-hetero) is 1. The van der Waals surface area contributed by atoms with Gasteiger partial charge in [0.15, 0.2) is 5.78 Å². The fourth-order valence-electron chi connectivity index (χ4n) is 7.00. The molecule has 0 saturated carbocycles. The maximum Gasteiger partial charge on any atom is 0.162 e. The summed E-state index contributed by atoms with van der Waals surface area (Å²) >= 11 is 6.15. The normalized spacial score (nSPS) is 16.7. The van der Waals surface area contributed by atoms with Crippen LogP contribution in [0, 0.1) is 17.2 Å². The van der Waals surface area contributed by atoms with Crippen LogP contribution in [-0.4, -0.2) is 66.4 Å². The molecule has 6 rings (SSSR count). The number of H-pyrrole nitrogens is 1. The zero-order valence-corrected chi connectivity index (χ0v) is 26.9. The molecule has 2 aliphatic heterocycles. The van der Waals surface area contributed by atoms with Gasteiger partial charge in [-0.1, -0.05) is 23.7 Å². The fraction of sp³-hybridized carbons (Fsp3) is 0.421. The van der Waals surface area contributed by atoms with E-state index in [1.807, 2.05) is 42.5 Å². The average Bonchev–Trinajstić information content (AvgIpc) is 3.48. The van der Waals surface area contributed by atoms with E-state index in [4.69, 9.17) is 11.6 Å². The molecule has 0 unspecified atom stereocenters. The fourth-order valence-corrected chi connectivity index (χ4v) is 7.21. The van der Waals surface area contributed by atoms with Crippen molar-refractivity contribution in [2.75, 3.05) is 50.7 Å². The van der Waals surface area contributed by atoms with Crippen molar-refractivity contribution in [2.45, 2.75) is 51.5 Å². The van der Waals surface area contributed by atoms with Crippen molar-refractivity contribution in [2.24, 2.45) is 5.92 Å². The van der Waals surface area contributed by atoms with E-state index in [9.17, 15) is 10.1 Å². The number of hydrogen-bond donors (Lipinski definition) is 1. The topological polar surface area (TPSA) is 66.4 Å². The molecule has 0 radical (unpaired) electrons. The monoisotopic (exact) mass is 621 g/mol. The second-order valence-electron chi connectivity index (χ2n) is 12.8. The third kappa shape index (κ3) is 8.35. The van der Waals surface area contributed by atoms with Gasteiger partial charge in [0.25, 0.3) is 0 Å². The standard InChI is InChI=1S/C38H44ClN5O/c39-34-6-3-4-31(24-34)28-43-18-15-29(16-19-43)8-14-38(45)32-9-11-35(12-10-32)44-22-20-42(21-23-44)17-2-1-5-33-27-41-37-13-7-30(26-40)25-36(33)37/h3-4,6-7,9-13,24-25,27,29,41H,1-2,5,8,14-23,28H2. The third-order valence-corrected chi connectivity index (χ3v) is 10.0. The molecular formula is C38H44ClN5O. The van der Waals surface area contributed by atoms with Crippen molar-refractivity contribution in [3.05, 3.63) is 100 Å². The highest BCUT2D eigenvalue weighted by Crippen LogP contribution is 2.26. The van der Waals surface area contributed by atoms with Gasteiger partial charge in [0.2, 0.25) is 0 Å². The summed E-state index contributed by atoms with van der Waals surface area (Å²) < 4.78 is 0. The minimum atomic E-state index is 0.269. The Morgan fingerprint density at radius 2 is 1.71 bits per heavy atom. The smallest absolute Gasteiger partial charge is 0.162 e. The van der Waals surface area contributed by atoms with Crippen molar-refractivity contribution in [3.63, 3.8) is 0 Å². The lowest BCUT2D eigenvalue weighted by Gasteiger charge is -2.36. The molecule has 0 amide bonds. The molecule has 2 aliphatic rings. The predicted molar refractivity (Wildman–Crippen MR) is 184 cm³/mol. The van der Waals surface area contributed by atoms with Crippen LogP contribution in [0.2, 0.25) is 5.02 Å². The van der Waals surface area contributed by atoms with Gasteiger partial charge in [-0.2, -0.15) is 5.26 Å². The highest BCUT2D eigenvalue weighted by molar-refractivity contribution is 6.30. The van der Waals surface area contributed by atoms with E-state index in [0.29, 0.717) is 12.3 Å². The Labute approximate surface area is 272 Å². The molecule has 45 heavy (non-hydrogen) atoms. The van der Waals surface area contributed by atoms with E-state index in [1.165, 1.54) is 28.6 Å². The number of likely N-dealkylation sites (tertiary alicyclic amines) is 1. The number of aromatic amines is 1. The minimum Gasteiger partial charge on any atom is -0.369 e. The Hall–Kier alpha value is -3.63. The van der Waals surface area contributed by atoms with Crippen molar-refractivity contribution < 1.29 is 4.79 Å². The second-order valence-corrected chi connectivity index (χ2v) is 13.3. The number of halogens is 1. The van der Waals surface area contributed by atoms with Gasteiger partial charge in [-0.15, -0.1) is 0 Å². The van der Waals surface area contributed by atoms with Gasteiger partial charge in [0.05, 0.1) is 11.6 Å². The number of piperidine rings is 1. The molecule has 2 fully saturated rings. The van der Waals surface area contributed by atoms with Crippen LogP contribution in [-0.2, 0) is 13.0 Å². The summed E-state index contributed by atoms with van der Waals surface area (Å²) in [6, 6.07) is 24.6. The molecule has 0 spiro atoms. The number of rotatable bonds is 12. The number of nitrogens with zero attached hydrogens (tertiary/aromatic N) is 4. The van der Waals surface area contributed by atoms with Crippen LogP contribution in [0.1, 0.15) is 65.6 Å². The van der Waals surface area contributed by atoms with Crippen LogP contribution in [0.3, 0.4) is 0 Å². The first-order valence-electron chi connectivity index (χ1n) is 16.6. The number of piperazine rings is 1. The third-order valence-electron chi connectivity index (χ3n) is 9.78. The number of anilines is 1. The number of benzene rings is 3. The molecule has 3 aromatic carbocycles. The molecule has 6 nitrogen and oxygen atoms in total. The number of unbranched alkanes of at least 4 members (excludes halogenated alkanes) is 1. The minimum absolute atomic E-state index is 0.269. The summed E-state index contributed by atoms with van der Waals surface area (Å²) in [5.74, 6) is 0.900. The highest BCUT2D eigenvalue weighted by Gasteiger charge is 2.21. The van der Waals surface area contributed by atoms with E-state index in [1.54, 1.807) is 0 Å². The molecule has 234 valence electrons. The van der Waals surface area contributed by atoms with E-state index in [2.05, 4.69) is 56.2 Å². The Morgan fingerprint density at radius 1 is 0.911 bits per heavy atom. The molecule has 0 bridgehead atoms. The first kappa shape index (κ1) is 31.4. The van der Waals surface area contributed by atoms with Gasteiger partial charge in [-0.05, 0) is 130 Å². The average molecular weight is 622 g/mol. The number of nitriles is 1. The van der Waals surface area contributed by atoms with Crippen LogP contribution in [0.5, 0.6) is 0 Å². The maximum atomic E-state index is 13.0. The summed E-state index contributed by atoms with van der Waals surface area (Å²) in [7, 11) is 0. The molecular weight excluding hydrogens is 578 g/mol. The number of hydrogen-bond acceptors (Lipinski definition) is 5. The van der Waals surface area contributed by atoms with Crippen LogP contribution in [0.25, 0.3) is 10.9 Å².